The van der Waals surface area contributed by atoms with Gasteiger partial charge in [0.15, 0.2) is 0 Å². The van der Waals surface area contributed by atoms with Gasteiger partial charge in [0.1, 0.15) is 6.20 Å². The lowest BCUT2D eigenvalue weighted by Crippen LogP contribution is -2.25. The van der Waals surface area contributed by atoms with Crippen molar-refractivity contribution in [1.29, 1.82) is 0 Å². The molecule has 17 heavy (non-hydrogen) atoms. The zero-order chi connectivity index (χ0) is 12.3. The molecule has 0 aliphatic heterocycles. The van der Waals surface area contributed by atoms with Crippen LogP contribution in [0.1, 0.15) is 19.3 Å². The van der Waals surface area contributed by atoms with Crippen molar-refractivity contribution in [3.05, 3.63) is 33.0 Å². The second-order valence-corrected chi connectivity index (χ2v) is 4.13. The Hall–Kier alpha value is -1.76. The van der Waals surface area contributed by atoms with E-state index in [1.807, 2.05) is 0 Å². The molecule has 92 valence electrons. The quantitative estimate of drug-likeness (QED) is 0.437. The summed E-state index contributed by atoms with van der Waals surface area (Å²) < 4.78 is 1.28. The summed E-state index contributed by atoms with van der Waals surface area (Å²) in [4.78, 5) is 24.8. The molecule has 1 N–H and O–H groups in total. The summed E-state index contributed by atoms with van der Waals surface area (Å²) >= 11 is 0. The van der Waals surface area contributed by atoms with Crippen molar-refractivity contribution in [3.63, 3.8) is 0 Å². The van der Waals surface area contributed by atoms with Gasteiger partial charge in [0.05, 0.1) is 11.1 Å². The second kappa shape index (κ2) is 5.05. The Morgan fingerprint density at radius 2 is 2.35 bits per heavy atom. The zero-order valence-electron chi connectivity index (χ0n) is 9.33. The van der Waals surface area contributed by atoms with Crippen LogP contribution in [0, 0.1) is 10.1 Å². The van der Waals surface area contributed by atoms with Crippen molar-refractivity contribution >= 4 is 5.69 Å². The molecule has 0 bridgehead atoms. The number of aryl methyl sites for hydroxylation is 1. The normalized spacial score (nSPS) is 14.8. The summed E-state index contributed by atoms with van der Waals surface area (Å²) in [6.45, 7) is 1.27. The summed E-state index contributed by atoms with van der Waals surface area (Å²) in [5.74, 6) is 0. The highest BCUT2D eigenvalue weighted by Crippen LogP contribution is 2.18. The van der Waals surface area contributed by atoms with E-state index in [-0.39, 0.29) is 5.69 Å². The van der Waals surface area contributed by atoms with Gasteiger partial charge in [-0.1, -0.05) is 0 Å². The Morgan fingerprint density at radius 1 is 1.59 bits per heavy atom. The first-order valence-corrected chi connectivity index (χ1v) is 5.61. The van der Waals surface area contributed by atoms with Crippen LogP contribution in [0.2, 0.25) is 0 Å². The predicted octanol–water partition coefficient (Wildman–Crippen LogP) is 0.294. The topological polar surface area (TPSA) is 90.1 Å². The van der Waals surface area contributed by atoms with Crippen LogP contribution in [0.4, 0.5) is 5.69 Å². The van der Waals surface area contributed by atoms with Gasteiger partial charge in [-0.2, -0.15) is 4.98 Å². The summed E-state index contributed by atoms with van der Waals surface area (Å²) in [6.07, 6.45) is 5.43. The van der Waals surface area contributed by atoms with E-state index in [9.17, 15) is 14.9 Å². The molecule has 1 saturated carbocycles. The maximum Gasteiger partial charge on any atom is 0.347 e. The SMILES string of the molecule is O=c1ncc([N+](=O)[O-])cn1CCCNC1CC1. The number of hydrogen-bond acceptors (Lipinski definition) is 5. The summed E-state index contributed by atoms with van der Waals surface area (Å²) in [5.41, 5.74) is -0.596. The van der Waals surface area contributed by atoms with E-state index in [1.165, 1.54) is 23.6 Å². The van der Waals surface area contributed by atoms with E-state index in [4.69, 9.17) is 0 Å². The van der Waals surface area contributed by atoms with Gasteiger partial charge in [0.25, 0.3) is 0 Å². The van der Waals surface area contributed by atoms with Crippen LogP contribution in [-0.2, 0) is 6.54 Å². The van der Waals surface area contributed by atoms with E-state index in [1.54, 1.807) is 0 Å². The van der Waals surface area contributed by atoms with Crippen LogP contribution in [0.3, 0.4) is 0 Å². The molecule has 0 atom stereocenters. The molecule has 1 aromatic rings. The van der Waals surface area contributed by atoms with Gasteiger partial charge < -0.3 is 5.32 Å². The molecule has 1 aliphatic carbocycles. The molecule has 0 aromatic carbocycles. The van der Waals surface area contributed by atoms with Crippen LogP contribution < -0.4 is 11.0 Å². The number of nitro groups is 1. The third kappa shape index (κ3) is 3.35. The van der Waals surface area contributed by atoms with Gasteiger partial charge in [-0.3, -0.25) is 14.7 Å². The number of nitrogens with zero attached hydrogens (tertiary/aromatic N) is 3. The van der Waals surface area contributed by atoms with Gasteiger partial charge in [-0.15, -0.1) is 0 Å². The van der Waals surface area contributed by atoms with Crippen LogP contribution in [0.5, 0.6) is 0 Å². The highest BCUT2D eigenvalue weighted by atomic mass is 16.6. The molecule has 1 aliphatic rings. The van der Waals surface area contributed by atoms with Gasteiger partial charge in [-0.25, -0.2) is 4.79 Å². The molecular weight excluding hydrogens is 224 g/mol. The largest absolute Gasteiger partial charge is 0.347 e. The van der Waals surface area contributed by atoms with E-state index < -0.39 is 10.6 Å². The fourth-order valence-corrected chi connectivity index (χ4v) is 1.54. The Bertz CT molecular complexity index is 467. The molecule has 1 heterocycles. The van der Waals surface area contributed by atoms with Crippen molar-refractivity contribution in [2.45, 2.75) is 31.8 Å². The summed E-state index contributed by atoms with van der Waals surface area (Å²) in [5, 5.41) is 13.8. The third-order valence-electron chi connectivity index (χ3n) is 2.64. The smallest absolute Gasteiger partial charge is 0.314 e. The Morgan fingerprint density at radius 3 is 3.00 bits per heavy atom. The van der Waals surface area contributed by atoms with E-state index in [0.29, 0.717) is 12.6 Å². The van der Waals surface area contributed by atoms with E-state index in [0.717, 1.165) is 19.2 Å². The van der Waals surface area contributed by atoms with E-state index >= 15 is 0 Å². The summed E-state index contributed by atoms with van der Waals surface area (Å²) in [6, 6.07) is 0.634. The average molecular weight is 238 g/mol. The van der Waals surface area contributed by atoms with Gasteiger partial charge in [-0.05, 0) is 25.8 Å². The molecule has 0 saturated heterocycles. The number of nitrogens with one attached hydrogen (secondary N) is 1. The van der Waals surface area contributed by atoms with Crippen molar-refractivity contribution in [3.8, 4) is 0 Å². The first kappa shape index (κ1) is 11.7. The monoisotopic (exact) mass is 238 g/mol. The van der Waals surface area contributed by atoms with Gasteiger partial charge in [0, 0.05) is 12.6 Å². The van der Waals surface area contributed by atoms with Crippen molar-refractivity contribution in [1.82, 2.24) is 14.9 Å². The number of rotatable bonds is 6. The lowest BCUT2D eigenvalue weighted by Gasteiger charge is -2.05. The van der Waals surface area contributed by atoms with Crippen LogP contribution >= 0.6 is 0 Å². The number of aromatic nitrogens is 2. The highest BCUT2D eigenvalue weighted by molar-refractivity contribution is 5.20. The van der Waals surface area contributed by atoms with Crippen LogP contribution in [0.25, 0.3) is 0 Å². The maximum absolute atomic E-state index is 11.3. The minimum atomic E-state index is -0.550. The van der Waals surface area contributed by atoms with Crippen molar-refractivity contribution < 1.29 is 4.92 Å². The standard InChI is InChI=1S/C10H14N4O3/c15-10-12-6-9(14(16)17)7-13(10)5-1-4-11-8-2-3-8/h6-8,11H,1-5H2. The number of hydrogen-bond donors (Lipinski definition) is 1. The molecule has 0 radical (unpaired) electrons. The molecule has 2 rings (SSSR count). The third-order valence-corrected chi connectivity index (χ3v) is 2.64. The molecule has 1 fully saturated rings. The second-order valence-electron chi connectivity index (χ2n) is 4.13. The molecule has 7 heteroatoms. The Labute approximate surface area is 97.6 Å². The summed E-state index contributed by atoms with van der Waals surface area (Å²) in [7, 11) is 0. The lowest BCUT2D eigenvalue weighted by molar-refractivity contribution is -0.385. The molecule has 0 spiro atoms. The highest BCUT2D eigenvalue weighted by Gasteiger charge is 2.19. The van der Waals surface area contributed by atoms with Gasteiger partial charge in [0.2, 0.25) is 0 Å². The Balaban J connectivity index is 1.91. The zero-order valence-corrected chi connectivity index (χ0v) is 9.33. The Kier molecular flexibility index (Phi) is 3.48. The molecule has 0 unspecified atom stereocenters. The predicted molar refractivity (Wildman–Crippen MR) is 60.8 cm³/mol. The fourth-order valence-electron chi connectivity index (χ4n) is 1.54. The van der Waals surface area contributed by atoms with Gasteiger partial charge >= 0.3 is 11.4 Å². The molecule has 0 amide bonds. The van der Waals surface area contributed by atoms with Crippen LogP contribution in [-0.4, -0.2) is 27.1 Å². The van der Waals surface area contributed by atoms with E-state index in [2.05, 4.69) is 10.3 Å². The first-order valence-electron chi connectivity index (χ1n) is 5.61. The average Bonchev–Trinajstić information content (AvgIpc) is 3.10. The molecule has 7 nitrogen and oxygen atoms in total. The minimum Gasteiger partial charge on any atom is -0.314 e. The van der Waals surface area contributed by atoms with Crippen LogP contribution in [0.15, 0.2) is 17.2 Å². The lowest BCUT2D eigenvalue weighted by atomic mass is 10.4. The minimum absolute atomic E-state index is 0.153. The molecule has 1 aromatic heterocycles. The fraction of sp³-hybridized carbons (Fsp3) is 0.600. The maximum atomic E-state index is 11.3. The van der Waals surface area contributed by atoms with Crippen molar-refractivity contribution in [2.75, 3.05) is 6.54 Å². The van der Waals surface area contributed by atoms with Crippen molar-refractivity contribution in [2.24, 2.45) is 0 Å². The first-order chi connectivity index (χ1) is 8.16. The molecular formula is C10H14N4O3.